The molecular formula is C25H24ClN3O4. The van der Waals surface area contributed by atoms with Gasteiger partial charge in [0.15, 0.2) is 17.3 Å². The maximum absolute atomic E-state index is 13.3. The number of halogens is 1. The summed E-state index contributed by atoms with van der Waals surface area (Å²) in [5, 5.41) is 10.8. The molecule has 2 aromatic rings. The number of carbonyl (C=O) groups is 1. The lowest BCUT2D eigenvalue weighted by molar-refractivity contribution is -0.116. The molecule has 1 aliphatic heterocycles. The van der Waals surface area contributed by atoms with Gasteiger partial charge >= 0.3 is 0 Å². The topological polar surface area (TPSA) is 97.8 Å². The van der Waals surface area contributed by atoms with Gasteiger partial charge in [-0.2, -0.15) is 5.26 Å². The van der Waals surface area contributed by atoms with E-state index in [1.54, 1.807) is 29.2 Å². The van der Waals surface area contributed by atoms with Crippen molar-refractivity contribution in [3.63, 3.8) is 0 Å². The van der Waals surface area contributed by atoms with Crippen molar-refractivity contribution in [2.45, 2.75) is 25.2 Å². The van der Waals surface area contributed by atoms with Gasteiger partial charge in [0.2, 0.25) is 5.75 Å². The summed E-state index contributed by atoms with van der Waals surface area (Å²) in [4.78, 5) is 15.1. The van der Waals surface area contributed by atoms with Gasteiger partial charge in [-0.15, -0.1) is 0 Å². The zero-order valence-corrected chi connectivity index (χ0v) is 19.4. The second-order valence-corrected chi connectivity index (χ2v) is 8.19. The molecule has 2 aromatic carbocycles. The summed E-state index contributed by atoms with van der Waals surface area (Å²) < 4.78 is 16.5. The fraction of sp³-hybridized carbons (Fsp3) is 0.280. The average molecular weight is 466 g/mol. The third kappa shape index (κ3) is 3.77. The molecule has 1 heterocycles. The Kier molecular flexibility index (Phi) is 6.21. The van der Waals surface area contributed by atoms with Crippen LogP contribution in [0, 0.1) is 11.3 Å². The van der Waals surface area contributed by atoms with E-state index in [-0.39, 0.29) is 17.2 Å². The zero-order chi connectivity index (χ0) is 23.7. The van der Waals surface area contributed by atoms with E-state index in [4.69, 9.17) is 31.5 Å². The molecular weight excluding hydrogens is 442 g/mol. The van der Waals surface area contributed by atoms with Crippen LogP contribution in [-0.4, -0.2) is 27.1 Å². The Morgan fingerprint density at radius 1 is 1.06 bits per heavy atom. The number of Topliss-reactive ketones (excluding diaryl/α,β-unsaturated/α-hetero) is 1. The lowest BCUT2D eigenvalue weighted by Crippen LogP contribution is -2.38. The normalized spacial score (nSPS) is 18.1. The lowest BCUT2D eigenvalue weighted by atomic mass is 9.75. The molecule has 1 atom stereocenters. The van der Waals surface area contributed by atoms with Crippen LogP contribution in [0.25, 0.3) is 0 Å². The standard InChI is InChI=1S/C25H24ClN3O4/c1-31-20-11-14(12-21(32-2)24(20)33-3)22-17(13-27)25(28)29(16-9-7-15(26)8-10-16)18-5-4-6-19(30)23(18)22/h7-12,22H,4-6,28H2,1-3H3. The number of nitrogens with zero attached hydrogens (tertiary/aromatic N) is 2. The monoisotopic (exact) mass is 465 g/mol. The first-order chi connectivity index (χ1) is 15.9. The number of anilines is 1. The Hall–Kier alpha value is -3.63. The van der Waals surface area contributed by atoms with Gasteiger partial charge < -0.3 is 19.9 Å². The predicted molar refractivity (Wildman–Crippen MR) is 125 cm³/mol. The van der Waals surface area contributed by atoms with Crippen LogP contribution in [-0.2, 0) is 4.79 Å². The Morgan fingerprint density at radius 3 is 2.24 bits per heavy atom. The largest absolute Gasteiger partial charge is 0.493 e. The predicted octanol–water partition coefficient (Wildman–Crippen LogP) is 4.67. The highest BCUT2D eigenvalue weighted by Gasteiger charge is 2.41. The Balaban J connectivity index is 1.98. The number of carbonyl (C=O) groups excluding carboxylic acids is 1. The van der Waals surface area contributed by atoms with Crippen LogP contribution in [0.5, 0.6) is 17.2 Å². The van der Waals surface area contributed by atoms with E-state index in [1.807, 2.05) is 12.1 Å². The lowest BCUT2D eigenvalue weighted by Gasteiger charge is -2.39. The molecule has 33 heavy (non-hydrogen) atoms. The molecule has 7 nitrogen and oxygen atoms in total. The number of nitriles is 1. The summed E-state index contributed by atoms with van der Waals surface area (Å²) in [5.41, 5.74) is 9.66. The summed E-state index contributed by atoms with van der Waals surface area (Å²) in [6.07, 6.45) is 1.77. The maximum atomic E-state index is 13.3. The number of ether oxygens (including phenoxy) is 3. The van der Waals surface area contributed by atoms with Gasteiger partial charge in [0.25, 0.3) is 0 Å². The van der Waals surface area contributed by atoms with Gasteiger partial charge in [0, 0.05) is 28.4 Å². The Bertz CT molecular complexity index is 1190. The van der Waals surface area contributed by atoms with Crippen LogP contribution < -0.4 is 24.8 Å². The molecule has 1 unspecified atom stereocenters. The number of ketones is 1. The summed E-state index contributed by atoms with van der Waals surface area (Å²) in [5.74, 6) is 0.944. The fourth-order valence-electron chi connectivity index (χ4n) is 4.57. The third-order valence-electron chi connectivity index (χ3n) is 6.02. The zero-order valence-electron chi connectivity index (χ0n) is 18.6. The van der Waals surface area contributed by atoms with Crippen molar-refractivity contribution in [3.05, 3.63) is 69.6 Å². The van der Waals surface area contributed by atoms with Crippen LogP contribution in [0.1, 0.15) is 30.7 Å². The van der Waals surface area contributed by atoms with E-state index in [9.17, 15) is 10.1 Å². The molecule has 0 fully saturated rings. The summed E-state index contributed by atoms with van der Waals surface area (Å²) in [7, 11) is 4.57. The Morgan fingerprint density at radius 2 is 1.70 bits per heavy atom. The molecule has 0 aromatic heterocycles. The van der Waals surface area contributed by atoms with Gasteiger partial charge in [-0.05, 0) is 54.8 Å². The maximum Gasteiger partial charge on any atom is 0.203 e. The highest BCUT2D eigenvalue weighted by Crippen LogP contribution is 2.49. The van der Waals surface area contributed by atoms with E-state index in [1.165, 1.54) is 21.3 Å². The molecule has 0 amide bonds. The molecule has 8 heteroatoms. The van der Waals surface area contributed by atoms with Crippen LogP contribution >= 0.6 is 11.6 Å². The highest BCUT2D eigenvalue weighted by molar-refractivity contribution is 6.30. The van der Waals surface area contributed by atoms with Crippen molar-refractivity contribution in [3.8, 4) is 23.3 Å². The van der Waals surface area contributed by atoms with Crippen molar-refractivity contribution < 1.29 is 19.0 Å². The number of methoxy groups -OCH3 is 3. The molecule has 0 saturated carbocycles. The quantitative estimate of drug-likeness (QED) is 0.685. The van der Waals surface area contributed by atoms with E-state index in [0.717, 1.165) is 11.4 Å². The number of rotatable bonds is 5. The van der Waals surface area contributed by atoms with Crippen molar-refractivity contribution in [1.29, 1.82) is 5.26 Å². The minimum absolute atomic E-state index is 0.00536. The SMILES string of the molecule is COc1cc(C2C(C#N)=C(N)N(c3ccc(Cl)cc3)C3=C2C(=O)CCC3)cc(OC)c1OC. The minimum Gasteiger partial charge on any atom is -0.493 e. The first kappa shape index (κ1) is 22.6. The number of hydrogen-bond donors (Lipinski definition) is 1. The molecule has 0 spiro atoms. The van der Waals surface area contributed by atoms with Crippen LogP contribution in [0.3, 0.4) is 0 Å². The third-order valence-corrected chi connectivity index (χ3v) is 6.27. The van der Waals surface area contributed by atoms with E-state index >= 15 is 0 Å². The number of benzene rings is 2. The van der Waals surface area contributed by atoms with Gasteiger partial charge in [-0.25, -0.2) is 0 Å². The van der Waals surface area contributed by atoms with Crippen LogP contribution in [0.4, 0.5) is 5.69 Å². The van der Waals surface area contributed by atoms with Crippen molar-refractivity contribution in [2.75, 3.05) is 26.2 Å². The number of hydrogen-bond acceptors (Lipinski definition) is 7. The van der Waals surface area contributed by atoms with Crippen LogP contribution in [0.2, 0.25) is 5.02 Å². The number of nitrogens with two attached hydrogens (primary N) is 1. The van der Waals surface area contributed by atoms with Gasteiger partial charge in [0.05, 0.1) is 38.9 Å². The van der Waals surface area contributed by atoms with E-state index in [0.29, 0.717) is 52.7 Å². The molecule has 2 aliphatic rings. The van der Waals surface area contributed by atoms with Gasteiger partial charge in [0.1, 0.15) is 5.82 Å². The summed E-state index contributed by atoms with van der Waals surface area (Å²) >= 11 is 6.07. The smallest absolute Gasteiger partial charge is 0.203 e. The van der Waals surface area contributed by atoms with E-state index < -0.39 is 5.92 Å². The van der Waals surface area contributed by atoms with Gasteiger partial charge in [-0.1, -0.05) is 11.6 Å². The van der Waals surface area contributed by atoms with E-state index in [2.05, 4.69) is 6.07 Å². The molecule has 1 aliphatic carbocycles. The highest BCUT2D eigenvalue weighted by atomic mass is 35.5. The first-order valence-corrected chi connectivity index (χ1v) is 10.8. The Labute approximate surface area is 197 Å². The molecule has 170 valence electrons. The molecule has 0 radical (unpaired) electrons. The van der Waals surface area contributed by atoms with Gasteiger partial charge in [-0.3, -0.25) is 9.69 Å². The average Bonchev–Trinajstić information content (AvgIpc) is 2.83. The molecule has 4 rings (SSSR count). The van der Waals surface area contributed by atoms with Crippen molar-refractivity contribution in [2.24, 2.45) is 5.73 Å². The fourth-order valence-corrected chi connectivity index (χ4v) is 4.70. The number of allylic oxidation sites excluding steroid dienone is 3. The second kappa shape index (κ2) is 9.08. The van der Waals surface area contributed by atoms with Crippen molar-refractivity contribution in [1.82, 2.24) is 0 Å². The first-order valence-electron chi connectivity index (χ1n) is 10.5. The summed E-state index contributed by atoms with van der Waals surface area (Å²) in [6, 6.07) is 13.0. The molecule has 0 saturated heterocycles. The molecule has 0 bridgehead atoms. The molecule has 2 N–H and O–H groups in total. The van der Waals surface area contributed by atoms with Crippen LogP contribution in [0.15, 0.2) is 59.1 Å². The minimum atomic E-state index is -0.643. The second-order valence-electron chi connectivity index (χ2n) is 7.75. The van der Waals surface area contributed by atoms with Crippen molar-refractivity contribution >= 4 is 23.1 Å². The summed E-state index contributed by atoms with van der Waals surface area (Å²) in [6.45, 7) is 0.